The number of nitrogens with zero attached hydrogens (tertiary/aromatic N) is 3. The molecular formula is C27H39N3OSi2. The molecule has 33 heavy (non-hydrogen) atoms. The van der Waals surface area contributed by atoms with Crippen LogP contribution in [0.15, 0.2) is 65.7 Å². The van der Waals surface area contributed by atoms with E-state index < -0.39 is 16.6 Å². The normalized spacial score (nSPS) is 23.9. The van der Waals surface area contributed by atoms with E-state index in [1.54, 1.807) is 0 Å². The van der Waals surface area contributed by atoms with Gasteiger partial charge in [0.2, 0.25) is 8.24 Å². The first kappa shape index (κ1) is 22.9. The molecule has 1 aliphatic carbocycles. The molecule has 2 atom stereocenters. The van der Waals surface area contributed by atoms with Crippen molar-refractivity contribution in [3.8, 4) is 0 Å². The molecule has 0 N–H and O–H groups in total. The van der Waals surface area contributed by atoms with Gasteiger partial charge in [0.15, 0.2) is 14.3 Å². The van der Waals surface area contributed by atoms with E-state index in [1.165, 1.54) is 48.4 Å². The topological polar surface area (TPSA) is 28.1 Å². The van der Waals surface area contributed by atoms with Gasteiger partial charge in [-0.05, 0) is 67.7 Å². The Morgan fingerprint density at radius 3 is 2.09 bits per heavy atom. The Hall–Kier alpha value is -1.90. The lowest BCUT2D eigenvalue weighted by Crippen LogP contribution is -2.76. The third-order valence-electron chi connectivity index (χ3n) is 7.52. The van der Waals surface area contributed by atoms with Crippen molar-refractivity contribution < 1.29 is 4.43 Å². The van der Waals surface area contributed by atoms with Crippen LogP contribution in [0.4, 0.5) is 0 Å². The highest BCUT2D eigenvalue weighted by molar-refractivity contribution is 7.02. The van der Waals surface area contributed by atoms with Crippen molar-refractivity contribution >= 4 is 32.9 Å². The summed E-state index contributed by atoms with van der Waals surface area (Å²) in [7, 11) is -3.91. The Morgan fingerprint density at radius 2 is 1.45 bits per heavy atom. The molecule has 1 saturated carbocycles. The molecule has 2 fully saturated rings. The molecule has 2 aromatic carbocycles. The van der Waals surface area contributed by atoms with Gasteiger partial charge >= 0.3 is 0 Å². The minimum absolute atomic E-state index is 0.398. The smallest absolute Gasteiger partial charge is 0.226 e. The molecule has 0 spiro atoms. The van der Waals surface area contributed by atoms with Gasteiger partial charge in [0.05, 0.1) is 0 Å². The van der Waals surface area contributed by atoms with Gasteiger partial charge in [-0.15, -0.1) is 0 Å². The third-order valence-corrected chi connectivity index (χ3v) is 14.0. The van der Waals surface area contributed by atoms with E-state index >= 15 is 0 Å². The maximum Gasteiger partial charge on any atom is 0.226 e. The first-order valence-corrected chi connectivity index (χ1v) is 18.3. The van der Waals surface area contributed by atoms with Crippen LogP contribution in [0.5, 0.6) is 0 Å². The third kappa shape index (κ3) is 4.45. The largest absolute Gasteiger partial charge is 0.415 e. The summed E-state index contributed by atoms with van der Waals surface area (Å²) in [5.41, 5.74) is 0.619. The van der Waals surface area contributed by atoms with E-state index in [2.05, 4.69) is 89.8 Å². The minimum atomic E-state index is -2.34. The Labute approximate surface area is 201 Å². The number of fused-ring (bicyclic) bond motifs is 1. The van der Waals surface area contributed by atoms with Crippen molar-refractivity contribution in [3.63, 3.8) is 0 Å². The van der Waals surface area contributed by atoms with Crippen LogP contribution in [0.1, 0.15) is 32.1 Å². The van der Waals surface area contributed by atoms with Crippen molar-refractivity contribution in [1.29, 1.82) is 0 Å². The van der Waals surface area contributed by atoms with Crippen molar-refractivity contribution in [2.24, 2.45) is 4.99 Å². The lowest BCUT2D eigenvalue weighted by molar-refractivity contribution is 0.202. The number of hydrogen-bond acceptors (Lipinski definition) is 4. The molecule has 0 radical (unpaired) electrons. The zero-order chi connectivity index (χ0) is 22.9. The predicted molar refractivity (Wildman–Crippen MR) is 144 cm³/mol. The Kier molecular flexibility index (Phi) is 6.51. The zero-order valence-electron chi connectivity index (χ0n) is 20.5. The van der Waals surface area contributed by atoms with Crippen LogP contribution in [-0.4, -0.2) is 64.3 Å². The Morgan fingerprint density at radius 1 is 0.818 bits per heavy atom. The van der Waals surface area contributed by atoms with Gasteiger partial charge in [0.25, 0.3) is 0 Å². The number of guanidine groups is 1. The first-order valence-electron chi connectivity index (χ1n) is 12.8. The van der Waals surface area contributed by atoms with E-state index in [4.69, 9.17) is 9.42 Å². The maximum atomic E-state index is 6.69. The SMILES string of the molecule is C[Si](C)(C)OC1CCC([Si](c2ccccc2)(c2ccccc2)N2CCCN3CCCN=C32)C1. The second-order valence-electron chi connectivity index (χ2n) is 10.9. The summed E-state index contributed by atoms with van der Waals surface area (Å²) < 4.78 is 9.53. The van der Waals surface area contributed by atoms with E-state index in [-0.39, 0.29) is 0 Å². The summed E-state index contributed by atoms with van der Waals surface area (Å²) in [6, 6.07) is 23.0. The fourth-order valence-electron chi connectivity index (χ4n) is 6.44. The molecule has 2 heterocycles. The summed E-state index contributed by atoms with van der Waals surface area (Å²) in [5.74, 6) is 1.28. The van der Waals surface area contributed by atoms with Gasteiger partial charge in [-0.2, -0.15) is 0 Å². The summed E-state index contributed by atoms with van der Waals surface area (Å²) in [6.07, 6.45) is 6.40. The molecule has 3 aliphatic rings. The lowest BCUT2D eigenvalue weighted by atomic mass is 10.2. The van der Waals surface area contributed by atoms with Crippen LogP contribution in [0, 0.1) is 0 Å². The molecule has 2 aliphatic heterocycles. The standard InChI is InChI=1S/C27H39N3OSi2/c1-32(2,3)31-23-16-17-26(22-23)33(24-12-6-4-7-13-24,25-14-8-5-9-15-25)30-21-11-20-29-19-10-18-28-27(29)30/h4-9,12-15,23,26H,10-11,16-22H2,1-3H3. The van der Waals surface area contributed by atoms with Crippen molar-refractivity contribution in [3.05, 3.63) is 60.7 Å². The predicted octanol–water partition coefficient (Wildman–Crippen LogP) is 4.29. The van der Waals surface area contributed by atoms with Crippen LogP contribution < -0.4 is 10.4 Å². The van der Waals surface area contributed by atoms with Crippen LogP contribution >= 0.6 is 0 Å². The Bertz CT molecular complexity index is 921. The van der Waals surface area contributed by atoms with Crippen molar-refractivity contribution in [2.75, 3.05) is 26.2 Å². The molecule has 4 nitrogen and oxygen atoms in total. The first-order chi connectivity index (χ1) is 16.0. The number of rotatable bonds is 6. The quantitative estimate of drug-likeness (QED) is 0.581. The fourth-order valence-corrected chi connectivity index (χ4v) is 13.6. The molecule has 6 heteroatoms. The van der Waals surface area contributed by atoms with E-state index in [0.717, 1.165) is 26.2 Å². The highest BCUT2D eigenvalue weighted by atomic mass is 28.4. The van der Waals surface area contributed by atoms with Crippen LogP contribution in [0.2, 0.25) is 25.2 Å². The number of aliphatic imine (C=N–C) groups is 1. The molecular weight excluding hydrogens is 438 g/mol. The Balaban J connectivity index is 1.66. The van der Waals surface area contributed by atoms with Crippen LogP contribution in [0.3, 0.4) is 0 Å². The van der Waals surface area contributed by atoms with E-state index in [9.17, 15) is 0 Å². The monoisotopic (exact) mass is 477 g/mol. The molecule has 0 amide bonds. The highest BCUT2D eigenvalue weighted by Gasteiger charge is 2.55. The van der Waals surface area contributed by atoms with Gasteiger partial charge in [-0.3, -0.25) is 4.99 Å². The van der Waals surface area contributed by atoms with Crippen LogP contribution in [0.25, 0.3) is 0 Å². The number of hydrogen-bond donors (Lipinski definition) is 0. The molecule has 0 aromatic heterocycles. The van der Waals surface area contributed by atoms with Gasteiger partial charge in [-0.1, -0.05) is 60.7 Å². The zero-order valence-corrected chi connectivity index (χ0v) is 22.5. The molecule has 5 rings (SSSR count). The highest BCUT2D eigenvalue weighted by Crippen LogP contribution is 2.43. The fraction of sp³-hybridized carbons (Fsp3) is 0.519. The van der Waals surface area contributed by atoms with Crippen molar-refractivity contribution in [2.45, 2.75) is 63.4 Å². The maximum absolute atomic E-state index is 6.69. The number of benzene rings is 2. The molecule has 176 valence electrons. The summed E-state index contributed by atoms with van der Waals surface area (Å²) in [5, 5.41) is 3.06. The van der Waals surface area contributed by atoms with E-state index in [1.807, 2.05) is 0 Å². The molecule has 2 aromatic rings. The van der Waals surface area contributed by atoms with Gasteiger partial charge < -0.3 is 13.9 Å². The average Bonchev–Trinajstić information content (AvgIpc) is 3.28. The molecule has 2 unspecified atom stereocenters. The summed E-state index contributed by atoms with van der Waals surface area (Å²) in [4.78, 5) is 7.75. The summed E-state index contributed by atoms with van der Waals surface area (Å²) in [6.45, 7) is 11.4. The van der Waals surface area contributed by atoms with Crippen molar-refractivity contribution in [1.82, 2.24) is 9.47 Å². The lowest BCUT2D eigenvalue weighted by Gasteiger charge is -2.53. The second kappa shape index (κ2) is 9.39. The van der Waals surface area contributed by atoms with Gasteiger partial charge in [0.1, 0.15) is 0 Å². The summed E-state index contributed by atoms with van der Waals surface area (Å²) >= 11 is 0. The van der Waals surface area contributed by atoms with Crippen LogP contribution in [-0.2, 0) is 4.43 Å². The van der Waals surface area contributed by atoms with Gasteiger partial charge in [0, 0.05) is 32.3 Å². The average molecular weight is 478 g/mol. The second-order valence-corrected chi connectivity index (χ2v) is 19.4. The van der Waals surface area contributed by atoms with E-state index in [0.29, 0.717) is 11.6 Å². The molecule has 1 saturated heterocycles. The van der Waals surface area contributed by atoms with Gasteiger partial charge in [-0.25, -0.2) is 0 Å². The molecule has 0 bridgehead atoms. The minimum Gasteiger partial charge on any atom is -0.415 e.